The Morgan fingerprint density at radius 2 is 2.12 bits per heavy atom. The fourth-order valence-electron chi connectivity index (χ4n) is 2.21. The van der Waals surface area contributed by atoms with Gasteiger partial charge in [-0.3, -0.25) is 4.79 Å². The SMILES string of the molecule is CCOC(=O)Cc1csc(SCc2cc(-c3ccc(OC)cc3)no2)n1. The van der Waals surface area contributed by atoms with Gasteiger partial charge in [-0.25, -0.2) is 4.98 Å². The molecule has 3 rings (SSSR count). The molecular formula is C18H18N2O4S2. The first-order valence-electron chi connectivity index (χ1n) is 8.00. The maximum absolute atomic E-state index is 11.5. The number of benzene rings is 1. The van der Waals surface area contributed by atoms with Crippen molar-refractivity contribution in [2.45, 2.75) is 23.4 Å². The number of thioether (sulfide) groups is 1. The largest absolute Gasteiger partial charge is 0.497 e. The lowest BCUT2D eigenvalue weighted by Crippen LogP contribution is -2.07. The zero-order chi connectivity index (χ0) is 18.4. The van der Waals surface area contributed by atoms with Crippen LogP contribution in [-0.2, 0) is 21.7 Å². The van der Waals surface area contributed by atoms with Crippen LogP contribution in [0, 0.1) is 0 Å². The smallest absolute Gasteiger partial charge is 0.311 e. The second-order valence-electron chi connectivity index (χ2n) is 5.28. The van der Waals surface area contributed by atoms with Crippen molar-refractivity contribution in [3.8, 4) is 17.0 Å². The van der Waals surface area contributed by atoms with Gasteiger partial charge in [0.15, 0.2) is 4.34 Å². The Morgan fingerprint density at radius 1 is 1.31 bits per heavy atom. The Hall–Kier alpha value is -2.32. The lowest BCUT2D eigenvalue weighted by molar-refractivity contribution is -0.142. The van der Waals surface area contributed by atoms with Crippen molar-refractivity contribution in [3.05, 3.63) is 47.2 Å². The first kappa shape index (κ1) is 18.5. The second-order valence-corrected chi connectivity index (χ2v) is 7.36. The molecule has 2 heterocycles. The number of aromatic nitrogens is 2. The van der Waals surface area contributed by atoms with Gasteiger partial charge in [-0.1, -0.05) is 16.9 Å². The van der Waals surface area contributed by atoms with E-state index < -0.39 is 0 Å². The zero-order valence-electron chi connectivity index (χ0n) is 14.4. The van der Waals surface area contributed by atoms with Gasteiger partial charge in [-0.05, 0) is 31.2 Å². The van der Waals surface area contributed by atoms with Gasteiger partial charge in [-0.2, -0.15) is 0 Å². The maximum Gasteiger partial charge on any atom is 0.311 e. The van der Waals surface area contributed by atoms with E-state index in [0.29, 0.717) is 12.4 Å². The third-order valence-electron chi connectivity index (χ3n) is 3.44. The Morgan fingerprint density at radius 3 is 2.85 bits per heavy atom. The van der Waals surface area contributed by atoms with E-state index in [0.717, 1.165) is 32.8 Å². The predicted octanol–water partition coefficient (Wildman–Crippen LogP) is 4.20. The third-order valence-corrected chi connectivity index (χ3v) is 5.54. The summed E-state index contributed by atoms with van der Waals surface area (Å²) in [4.78, 5) is 15.9. The van der Waals surface area contributed by atoms with E-state index in [1.54, 1.807) is 25.8 Å². The van der Waals surface area contributed by atoms with E-state index in [4.69, 9.17) is 14.0 Å². The number of hydrogen-bond donors (Lipinski definition) is 0. The summed E-state index contributed by atoms with van der Waals surface area (Å²) in [5, 5.41) is 5.99. The minimum atomic E-state index is -0.256. The van der Waals surface area contributed by atoms with Gasteiger partial charge in [0.1, 0.15) is 17.2 Å². The Kier molecular flexibility index (Phi) is 6.30. The number of thiazole rings is 1. The van der Waals surface area contributed by atoms with Crippen molar-refractivity contribution in [1.82, 2.24) is 10.1 Å². The number of esters is 1. The molecule has 0 bridgehead atoms. The van der Waals surface area contributed by atoms with Crippen LogP contribution in [0.2, 0.25) is 0 Å². The van der Waals surface area contributed by atoms with Crippen LogP contribution in [0.25, 0.3) is 11.3 Å². The van der Waals surface area contributed by atoms with Crippen molar-refractivity contribution >= 4 is 29.1 Å². The van der Waals surface area contributed by atoms with E-state index in [9.17, 15) is 4.79 Å². The van der Waals surface area contributed by atoms with Gasteiger partial charge in [-0.15, -0.1) is 11.3 Å². The summed E-state index contributed by atoms with van der Waals surface area (Å²) in [6.45, 7) is 2.17. The molecule has 6 nitrogen and oxygen atoms in total. The van der Waals surface area contributed by atoms with E-state index in [2.05, 4.69) is 10.1 Å². The lowest BCUT2D eigenvalue weighted by atomic mass is 10.1. The standard InChI is InChI=1S/C18H18N2O4S2/c1-3-23-17(21)8-13-10-25-18(19-13)26-11-15-9-16(20-24-15)12-4-6-14(22-2)7-5-12/h4-7,9-10H,3,8,11H2,1-2H3. The molecule has 136 valence electrons. The summed E-state index contributed by atoms with van der Waals surface area (Å²) in [5.41, 5.74) is 2.48. The summed E-state index contributed by atoms with van der Waals surface area (Å²) >= 11 is 3.06. The molecule has 0 aliphatic heterocycles. The summed E-state index contributed by atoms with van der Waals surface area (Å²) < 4.78 is 16.4. The molecule has 0 spiro atoms. The zero-order valence-corrected chi connectivity index (χ0v) is 16.1. The number of rotatable bonds is 8. The number of nitrogens with zero attached hydrogens (tertiary/aromatic N) is 2. The van der Waals surface area contributed by atoms with Crippen LogP contribution in [0.3, 0.4) is 0 Å². The summed E-state index contributed by atoms with van der Waals surface area (Å²) in [5.74, 6) is 1.93. The molecule has 26 heavy (non-hydrogen) atoms. The minimum absolute atomic E-state index is 0.203. The first-order valence-corrected chi connectivity index (χ1v) is 9.87. The highest BCUT2D eigenvalue weighted by Crippen LogP contribution is 2.28. The van der Waals surface area contributed by atoms with Crippen LogP contribution in [0.15, 0.2) is 44.6 Å². The van der Waals surface area contributed by atoms with Gasteiger partial charge < -0.3 is 14.0 Å². The Bertz CT molecular complexity index is 858. The summed E-state index contributed by atoms with van der Waals surface area (Å²) in [6.07, 6.45) is 0.203. The van der Waals surface area contributed by atoms with E-state index in [-0.39, 0.29) is 12.4 Å². The van der Waals surface area contributed by atoms with E-state index >= 15 is 0 Å². The summed E-state index contributed by atoms with van der Waals surface area (Å²) in [7, 11) is 1.64. The fraction of sp³-hybridized carbons (Fsp3) is 0.278. The number of ether oxygens (including phenoxy) is 2. The number of carbonyl (C=O) groups excluding carboxylic acids is 1. The molecule has 0 fully saturated rings. The molecule has 0 atom stereocenters. The van der Waals surface area contributed by atoms with Crippen molar-refractivity contribution in [1.29, 1.82) is 0 Å². The number of carbonyl (C=O) groups is 1. The Balaban J connectivity index is 1.56. The fourth-order valence-corrected chi connectivity index (χ4v) is 3.93. The van der Waals surface area contributed by atoms with Crippen LogP contribution >= 0.6 is 23.1 Å². The van der Waals surface area contributed by atoms with Gasteiger partial charge in [0.25, 0.3) is 0 Å². The Labute approximate surface area is 159 Å². The van der Waals surface area contributed by atoms with Crippen LogP contribution in [-0.4, -0.2) is 29.8 Å². The molecule has 0 N–H and O–H groups in total. The molecule has 1 aromatic carbocycles. The average Bonchev–Trinajstić information content (AvgIpc) is 3.29. The van der Waals surface area contributed by atoms with Crippen LogP contribution in [0.5, 0.6) is 5.75 Å². The second kappa shape index (κ2) is 8.86. The normalized spacial score (nSPS) is 10.7. The maximum atomic E-state index is 11.5. The highest BCUT2D eigenvalue weighted by Gasteiger charge is 2.11. The molecule has 0 radical (unpaired) electrons. The molecule has 0 saturated carbocycles. The van der Waals surface area contributed by atoms with Gasteiger partial charge >= 0.3 is 5.97 Å². The number of methoxy groups -OCH3 is 1. The highest BCUT2D eigenvalue weighted by molar-refractivity contribution is 8.00. The van der Waals surface area contributed by atoms with E-state index in [1.165, 1.54) is 11.3 Å². The van der Waals surface area contributed by atoms with E-state index in [1.807, 2.05) is 35.7 Å². The molecule has 8 heteroatoms. The molecular weight excluding hydrogens is 372 g/mol. The average molecular weight is 390 g/mol. The molecule has 3 aromatic rings. The van der Waals surface area contributed by atoms with Crippen LogP contribution < -0.4 is 4.74 Å². The molecule has 0 saturated heterocycles. The lowest BCUT2D eigenvalue weighted by Gasteiger charge is -1.99. The first-order chi connectivity index (χ1) is 12.7. The third kappa shape index (κ3) is 4.86. The molecule has 0 amide bonds. The van der Waals surface area contributed by atoms with Crippen LogP contribution in [0.4, 0.5) is 0 Å². The topological polar surface area (TPSA) is 74.5 Å². The minimum Gasteiger partial charge on any atom is -0.497 e. The predicted molar refractivity (Wildman–Crippen MR) is 101 cm³/mol. The molecule has 0 aliphatic rings. The molecule has 0 aliphatic carbocycles. The van der Waals surface area contributed by atoms with Crippen molar-refractivity contribution in [3.63, 3.8) is 0 Å². The van der Waals surface area contributed by atoms with Gasteiger partial charge in [0.2, 0.25) is 0 Å². The van der Waals surface area contributed by atoms with Crippen molar-refractivity contribution in [2.75, 3.05) is 13.7 Å². The van der Waals surface area contributed by atoms with Gasteiger partial charge in [0.05, 0.1) is 31.6 Å². The molecule has 2 aromatic heterocycles. The van der Waals surface area contributed by atoms with Crippen LogP contribution in [0.1, 0.15) is 18.4 Å². The monoisotopic (exact) mass is 390 g/mol. The number of hydrogen-bond acceptors (Lipinski definition) is 8. The van der Waals surface area contributed by atoms with Crippen molar-refractivity contribution < 1.29 is 18.8 Å². The quantitative estimate of drug-likeness (QED) is 0.421. The van der Waals surface area contributed by atoms with Gasteiger partial charge in [0, 0.05) is 17.0 Å². The highest BCUT2D eigenvalue weighted by atomic mass is 32.2. The molecule has 0 unspecified atom stereocenters. The van der Waals surface area contributed by atoms with Crippen molar-refractivity contribution in [2.24, 2.45) is 0 Å². The summed E-state index contributed by atoms with van der Waals surface area (Å²) in [6, 6.07) is 9.58.